The lowest BCUT2D eigenvalue weighted by Gasteiger charge is -2.21. The summed E-state index contributed by atoms with van der Waals surface area (Å²) in [6.07, 6.45) is -20.3. The van der Waals surface area contributed by atoms with Gasteiger partial charge in [0.05, 0.1) is 0 Å². The summed E-state index contributed by atoms with van der Waals surface area (Å²) in [6.45, 7) is 0. The van der Waals surface area contributed by atoms with Gasteiger partial charge in [0, 0.05) is 35.2 Å². The zero-order chi connectivity index (χ0) is 21.2. The zero-order valence-electron chi connectivity index (χ0n) is 19.3. The number of hydrogen-bond donors (Lipinski definition) is 0. The number of Topliss-reactive ketones (excluding diaryl/α,β-unsaturated/α-hetero) is 1. The quantitative estimate of drug-likeness (QED) is 0.699. The van der Waals surface area contributed by atoms with E-state index >= 15 is 0 Å². The van der Waals surface area contributed by atoms with Crippen molar-refractivity contribution in [1.82, 2.24) is 0 Å². The molecule has 0 unspecified atom stereocenters. The molecular weight excluding hydrogens is 215 g/mol. The Morgan fingerprint density at radius 1 is 1.40 bits per heavy atom. The Balaban J connectivity index is 3.76. The third kappa shape index (κ3) is 3.71. The summed E-state index contributed by atoms with van der Waals surface area (Å²) < 4.78 is 107. The zero-order valence-corrected chi connectivity index (χ0v) is 9.18. The van der Waals surface area contributed by atoms with Crippen LogP contribution in [0.1, 0.15) is 46.9 Å². The first-order valence-corrected chi connectivity index (χ1v) is 5.72. The number of hydrogen-bond acceptors (Lipinski definition) is 4. The van der Waals surface area contributed by atoms with E-state index in [-0.39, 0.29) is 0 Å². The highest BCUT2D eigenvalue weighted by Crippen LogP contribution is 2.47. The maximum Gasteiger partial charge on any atom is 0.337 e. The minimum atomic E-state index is -4.22. The van der Waals surface area contributed by atoms with E-state index in [1.165, 1.54) is 0 Å². The molecule has 0 bridgehead atoms. The molecular formula is C10H19O4P. The maximum atomic E-state index is 12.6. The maximum absolute atomic E-state index is 12.6. The molecule has 4 nitrogen and oxygen atoms in total. The van der Waals surface area contributed by atoms with Crippen molar-refractivity contribution < 1.29 is 33.5 Å². The fourth-order valence-corrected chi connectivity index (χ4v) is 1.77. The molecule has 5 heteroatoms. The van der Waals surface area contributed by atoms with Crippen LogP contribution in [0.5, 0.6) is 0 Å². The molecule has 0 saturated heterocycles. The second kappa shape index (κ2) is 5.78. The van der Waals surface area contributed by atoms with Crippen LogP contribution in [-0.4, -0.2) is 26.2 Å². The van der Waals surface area contributed by atoms with Crippen molar-refractivity contribution in [2.24, 2.45) is 5.89 Å². The molecule has 1 rings (SSSR count). The Bertz CT molecular complexity index is 609. The molecule has 0 aliphatic heterocycles. The molecule has 0 aromatic rings. The summed E-state index contributed by atoms with van der Waals surface area (Å²) >= 11 is 0. The SMILES string of the molecule is [2H]C1([2H])C([2H])([2H])C([2H])([2H])C([2H])(C(=O)CP(=O)(OC)OC)C([2H])([2H])C1([2H])[2H]. The number of carbonyl (C=O) groups is 1. The van der Waals surface area contributed by atoms with E-state index in [1.807, 2.05) is 0 Å². The van der Waals surface area contributed by atoms with E-state index in [0.29, 0.717) is 0 Å². The molecule has 88 valence electrons. The van der Waals surface area contributed by atoms with Gasteiger partial charge in [0.2, 0.25) is 0 Å². The van der Waals surface area contributed by atoms with Crippen molar-refractivity contribution in [3.8, 4) is 0 Å². The molecule has 0 aromatic heterocycles. The van der Waals surface area contributed by atoms with Gasteiger partial charge in [-0.2, -0.15) is 0 Å². The van der Waals surface area contributed by atoms with Crippen molar-refractivity contribution in [1.29, 1.82) is 0 Å². The van der Waals surface area contributed by atoms with Crippen LogP contribution in [0.2, 0.25) is 0 Å². The average Bonchev–Trinajstić information content (AvgIpc) is 2.51. The van der Waals surface area contributed by atoms with E-state index in [0.717, 1.165) is 14.2 Å². The number of carbonyl (C=O) groups excluding carboxylic acids is 1. The lowest BCUT2D eigenvalue weighted by molar-refractivity contribution is -0.121. The van der Waals surface area contributed by atoms with E-state index < -0.39 is 57.3 Å². The summed E-state index contributed by atoms with van der Waals surface area (Å²) in [6, 6.07) is 0. The highest BCUT2D eigenvalue weighted by atomic mass is 31.2. The van der Waals surface area contributed by atoms with Gasteiger partial charge in [0.15, 0.2) is 0 Å². The molecule has 15 heavy (non-hydrogen) atoms. The van der Waals surface area contributed by atoms with Gasteiger partial charge in [0.25, 0.3) is 0 Å². The molecule has 1 aliphatic rings. The van der Waals surface area contributed by atoms with Gasteiger partial charge >= 0.3 is 7.60 Å². The largest absolute Gasteiger partial charge is 0.337 e. The van der Waals surface area contributed by atoms with Crippen molar-refractivity contribution in [2.45, 2.75) is 31.9 Å². The molecule has 0 amide bonds. The van der Waals surface area contributed by atoms with E-state index in [9.17, 15) is 9.36 Å². The molecule has 0 radical (unpaired) electrons. The fourth-order valence-electron chi connectivity index (χ4n) is 0.848. The third-order valence-electron chi connectivity index (χ3n) is 1.67. The van der Waals surface area contributed by atoms with Crippen LogP contribution >= 0.6 is 7.60 Å². The summed E-state index contributed by atoms with van der Waals surface area (Å²) in [4.78, 5) is 12.6. The predicted octanol–water partition coefficient (Wildman–Crippen LogP) is 2.62. The molecule has 0 N–H and O–H groups in total. The van der Waals surface area contributed by atoms with Crippen LogP contribution < -0.4 is 0 Å². The third-order valence-corrected chi connectivity index (χ3v) is 3.46. The summed E-state index contributed by atoms with van der Waals surface area (Å²) in [5, 5.41) is 0. The van der Waals surface area contributed by atoms with E-state index in [1.54, 1.807) is 0 Å². The predicted molar refractivity (Wildman–Crippen MR) is 58.1 cm³/mol. The van der Waals surface area contributed by atoms with Gasteiger partial charge < -0.3 is 9.05 Å². The second-order valence-corrected chi connectivity index (χ2v) is 4.83. The highest BCUT2D eigenvalue weighted by Gasteiger charge is 2.30. The smallest absolute Gasteiger partial charge is 0.312 e. The Labute approximate surface area is 106 Å². The molecule has 1 fully saturated rings. The van der Waals surface area contributed by atoms with Crippen molar-refractivity contribution in [3.63, 3.8) is 0 Å². The van der Waals surface area contributed by atoms with Gasteiger partial charge in [0.1, 0.15) is 11.9 Å². The Kier molecular flexibility index (Phi) is 1.64. The minimum absolute atomic E-state index is 0.884. The van der Waals surface area contributed by atoms with Gasteiger partial charge in [-0.25, -0.2) is 0 Å². The standard InChI is InChI=1S/C10H19O4P/c1-13-15(12,14-2)8-10(11)9-6-4-3-5-7-9/h9H,3-8H2,1-2H3/i3D2,4D2,5D2,6D2,7D2,9D. The first kappa shape index (κ1) is 4.25. The van der Waals surface area contributed by atoms with E-state index in [2.05, 4.69) is 9.05 Å². The number of rotatable bonds is 5. The van der Waals surface area contributed by atoms with Crippen LogP contribution in [0.25, 0.3) is 0 Å². The molecule has 1 saturated carbocycles. The molecule has 0 heterocycles. The second-order valence-electron chi connectivity index (χ2n) is 2.56. The Hall–Kier alpha value is -0.180. The minimum Gasteiger partial charge on any atom is -0.312 e. The topological polar surface area (TPSA) is 52.6 Å². The lowest BCUT2D eigenvalue weighted by atomic mass is 9.87. The van der Waals surface area contributed by atoms with Gasteiger partial charge in [-0.3, -0.25) is 9.36 Å². The van der Waals surface area contributed by atoms with Gasteiger partial charge in [-0.1, -0.05) is 19.1 Å². The molecule has 0 spiro atoms. The first-order valence-electron chi connectivity index (χ1n) is 9.49. The van der Waals surface area contributed by atoms with Gasteiger partial charge in [-0.05, 0) is 12.7 Å². The average molecular weight is 245 g/mol. The summed E-state index contributed by atoms with van der Waals surface area (Å²) in [5.41, 5.74) is 0. The van der Waals surface area contributed by atoms with Crippen LogP contribution in [0, 0.1) is 5.89 Å². The summed E-state index contributed by atoms with van der Waals surface area (Å²) in [5.74, 6) is -5.56. The molecule has 0 aromatic carbocycles. The van der Waals surface area contributed by atoms with Crippen molar-refractivity contribution in [3.05, 3.63) is 0 Å². The normalized spacial score (nSPS) is 48.8. The van der Waals surface area contributed by atoms with Gasteiger partial charge in [-0.15, -0.1) is 0 Å². The number of ketones is 1. The lowest BCUT2D eigenvalue weighted by Crippen LogP contribution is -2.21. The summed E-state index contributed by atoms with van der Waals surface area (Å²) in [7, 11) is -2.45. The Morgan fingerprint density at radius 3 is 2.40 bits per heavy atom. The first-order chi connectivity index (χ1) is 11.2. The molecule has 0 atom stereocenters. The van der Waals surface area contributed by atoms with E-state index in [4.69, 9.17) is 15.1 Å². The van der Waals surface area contributed by atoms with Crippen LogP contribution in [0.3, 0.4) is 0 Å². The van der Waals surface area contributed by atoms with Crippen LogP contribution in [0.15, 0.2) is 0 Å². The Morgan fingerprint density at radius 2 is 1.93 bits per heavy atom. The van der Waals surface area contributed by atoms with Crippen molar-refractivity contribution in [2.75, 3.05) is 20.4 Å². The van der Waals surface area contributed by atoms with Crippen LogP contribution in [0.4, 0.5) is 0 Å². The van der Waals surface area contributed by atoms with Crippen molar-refractivity contribution >= 4 is 13.4 Å². The highest BCUT2D eigenvalue weighted by molar-refractivity contribution is 7.54. The monoisotopic (exact) mass is 245 g/mol. The fraction of sp³-hybridized carbons (Fsp3) is 0.900. The van der Waals surface area contributed by atoms with Crippen LogP contribution in [-0.2, 0) is 18.4 Å². The molecule has 1 aliphatic carbocycles.